The van der Waals surface area contributed by atoms with Gasteiger partial charge >= 0.3 is 5.97 Å². The normalized spacial score (nSPS) is 25.1. The lowest BCUT2D eigenvalue weighted by Crippen LogP contribution is -2.22. The van der Waals surface area contributed by atoms with Crippen molar-refractivity contribution in [1.29, 1.82) is 0 Å². The van der Waals surface area contributed by atoms with E-state index in [-0.39, 0.29) is 5.76 Å². The highest BCUT2D eigenvalue weighted by molar-refractivity contribution is 5.86. The molecule has 2 heterocycles. The number of likely N-dealkylation sites (tertiary alicyclic amines) is 1. The zero-order chi connectivity index (χ0) is 12.4. The fourth-order valence-electron chi connectivity index (χ4n) is 1.87. The van der Waals surface area contributed by atoms with Crippen LogP contribution in [0.3, 0.4) is 0 Å². The Labute approximate surface area is 98.4 Å². The van der Waals surface area contributed by atoms with E-state index in [2.05, 4.69) is 4.74 Å². The van der Waals surface area contributed by atoms with E-state index in [9.17, 15) is 15.0 Å². The van der Waals surface area contributed by atoms with Crippen LogP contribution >= 0.6 is 0 Å². The summed E-state index contributed by atoms with van der Waals surface area (Å²) < 4.78 is 9.82. The first-order chi connectivity index (χ1) is 8.10. The van der Waals surface area contributed by atoms with Gasteiger partial charge in [-0.1, -0.05) is 0 Å². The van der Waals surface area contributed by atoms with E-state index in [1.165, 1.54) is 7.11 Å². The van der Waals surface area contributed by atoms with Crippen LogP contribution in [0, 0.1) is 0 Å². The molecule has 0 saturated carbocycles. The molecule has 1 aromatic heterocycles. The maximum absolute atomic E-state index is 11.2. The summed E-state index contributed by atoms with van der Waals surface area (Å²) in [6.45, 7) is 1.25. The summed E-state index contributed by atoms with van der Waals surface area (Å²) >= 11 is 0. The standard InChI is InChI=1S/C11H15NO5/c1-16-11(15)10-3-2-7(17-10)4-12-5-8(13)9(14)6-12/h2-3,8-9,13-14H,4-6H2,1H3/t8-,9+. The fraction of sp³-hybridized carbons (Fsp3) is 0.545. The molecular weight excluding hydrogens is 226 g/mol. The number of carbonyl (C=O) groups is 1. The number of methoxy groups -OCH3 is 1. The molecular formula is C11H15NO5. The number of aliphatic hydroxyl groups excluding tert-OH is 2. The first-order valence-electron chi connectivity index (χ1n) is 5.35. The van der Waals surface area contributed by atoms with Crippen molar-refractivity contribution in [3.05, 3.63) is 23.7 Å². The number of rotatable bonds is 3. The van der Waals surface area contributed by atoms with Crippen LogP contribution in [-0.2, 0) is 11.3 Å². The summed E-state index contributed by atoms with van der Waals surface area (Å²) in [6, 6.07) is 3.23. The topological polar surface area (TPSA) is 83.1 Å². The van der Waals surface area contributed by atoms with Gasteiger partial charge in [-0.2, -0.15) is 0 Å². The maximum Gasteiger partial charge on any atom is 0.373 e. The van der Waals surface area contributed by atoms with Crippen molar-refractivity contribution in [3.63, 3.8) is 0 Å². The second-order valence-electron chi connectivity index (χ2n) is 4.09. The van der Waals surface area contributed by atoms with Crippen LogP contribution in [0.5, 0.6) is 0 Å². The Bertz CT molecular complexity index is 392. The van der Waals surface area contributed by atoms with Gasteiger partial charge in [0.25, 0.3) is 0 Å². The van der Waals surface area contributed by atoms with Crippen molar-refractivity contribution in [1.82, 2.24) is 4.90 Å². The van der Waals surface area contributed by atoms with Gasteiger partial charge in [0, 0.05) is 13.1 Å². The van der Waals surface area contributed by atoms with Gasteiger partial charge in [0.1, 0.15) is 5.76 Å². The number of furan rings is 1. The molecule has 1 aliphatic rings. The average molecular weight is 241 g/mol. The van der Waals surface area contributed by atoms with Gasteiger partial charge in [0.05, 0.1) is 25.9 Å². The molecule has 0 radical (unpaired) electrons. The molecule has 94 valence electrons. The highest BCUT2D eigenvalue weighted by atomic mass is 16.5. The SMILES string of the molecule is COC(=O)c1ccc(CN2C[C@@H](O)[C@@H](O)C2)o1. The molecule has 17 heavy (non-hydrogen) atoms. The van der Waals surface area contributed by atoms with Crippen molar-refractivity contribution >= 4 is 5.97 Å². The quantitative estimate of drug-likeness (QED) is 0.701. The number of hydrogen-bond donors (Lipinski definition) is 2. The molecule has 0 aliphatic carbocycles. The van der Waals surface area contributed by atoms with E-state index < -0.39 is 18.2 Å². The van der Waals surface area contributed by atoms with Gasteiger partial charge < -0.3 is 19.4 Å². The molecule has 0 amide bonds. The number of nitrogens with zero attached hydrogens (tertiary/aromatic N) is 1. The molecule has 2 N–H and O–H groups in total. The summed E-state index contributed by atoms with van der Waals surface area (Å²) in [5, 5.41) is 18.8. The molecule has 0 bridgehead atoms. The number of esters is 1. The van der Waals surface area contributed by atoms with Crippen molar-refractivity contribution in [2.45, 2.75) is 18.8 Å². The first-order valence-corrected chi connectivity index (χ1v) is 5.35. The van der Waals surface area contributed by atoms with E-state index in [4.69, 9.17) is 4.42 Å². The first kappa shape index (κ1) is 12.1. The summed E-state index contributed by atoms with van der Waals surface area (Å²) in [5.41, 5.74) is 0. The molecule has 1 aliphatic heterocycles. The lowest BCUT2D eigenvalue weighted by molar-refractivity contribution is 0.0561. The minimum absolute atomic E-state index is 0.155. The molecule has 1 fully saturated rings. The maximum atomic E-state index is 11.2. The Morgan fingerprint density at radius 1 is 1.47 bits per heavy atom. The minimum atomic E-state index is -0.718. The van der Waals surface area contributed by atoms with Gasteiger partial charge in [-0.3, -0.25) is 4.90 Å². The average Bonchev–Trinajstić information content (AvgIpc) is 2.87. The molecule has 2 atom stereocenters. The van der Waals surface area contributed by atoms with Gasteiger partial charge in [-0.15, -0.1) is 0 Å². The van der Waals surface area contributed by atoms with Gasteiger partial charge in [0.15, 0.2) is 0 Å². The van der Waals surface area contributed by atoms with Crippen LogP contribution in [0.4, 0.5) is 0 Å². The smallest absolute Gasteiger partial charge is 0.373 e. The number of ether oxygens (including phenoxy) is 1. The molecule has 2 rings (SSSR count). The van der Waals surface area contributed by atoms with Gasteiger partial charge in [-0.25, -0.2) is 4.79 Å². The Balaban J connectivity index is 1.96. The predicted octanol–water partition coefficient (Wildman–Crippen LogP) is -0.396. The third-order valence-electron chi connectivity index (χ3n) is 2.76. The Hall–Kier alpha value is -1.37. The fourth-order valence-corrected chi connectivity index (χ4v) is 1.87. The largest absolute Gasteiger partial charge is 0.463 e. The predicted molar refractivity (Wildman–Crippen MR) is 57.3 cm³/mol. The van der Waals surface area contributed by atoms with Gasteiger partial charge in [-0.05, 0) is 12.1 Å². The van der Waals surface area contributed by atoms with Crippen LogP contribution in [-0.4, -0.2) is 53.5 Å². The Morgan fingerprint density at radius 2 is 2.12 bits per heavy atom. The molecule has 6 nitrogen and oxygen atoms in total. The lowest BCUT2D eigenvalue weighted by Gasteiger charge is -2.11. The number of aliphatic hydroxyl groups is 2. The monoisotopic (exact) mass is 241 g/mol. The molecule has 1 saturated heterocycles. The van der Waals surface area contributed by atoms with Crippen molar-refractivity contribution in [2.24, 2.45) is 0 Å². The number of carbonyl (C=O) groups excluding carboxylic acids is 1. The van der Waals surface area contributed by atoms with E-state index in [0.717, 1.165) is 0 Å². The summed E-state index contributed by atoms with van der Waals surface area (Å²) in [5.74, 6) is 0.243. The second-order valence-corrected chi connectivity index (χ2v) is 4.09. The lowest BCUT2D eigenvalue weighted by atomic mass is 10.3. The van der Waals surface area contributed by atoms with E-state index >= 15 is 0 Å². The minimum Gasteiger partial charge on any atom is -0.463 e. The van der Waals surface area contributed by atoms with Crippen LogP contribution < -0.4 is 0 Å². The zero-order valence-electron chi connectivity index (χ0n) is 9.50. The zero-order valence-corrected chi connectivity index (χ0v) is 9.50. The van der Waals surface area contributed by atoms with Crippen LogP contribution in [0.2, 0.25) is 0 Å². The summed E-state index contributed by atoms with van der Waals surface area (Å²) in [4.78, 5) is 13.0. The highest BCUT2D eigenvalue weighted by Crippen LogP contribution is 2.16. The third-order valence-corrected chi connectivity index (χ3v) is 2.76. The summed E-state index contributed by atoms with van der Waals surface area (Å²) in [7, 11) is 1.29. The van der Waals surface area contributed by atoms with Crippen molar-refractivity contribution < 1.29 is 24.2 Å². The van der Waals surface area contributed by atoms with Crippen LogP contribution in [0.15, 0.2) is 16.5 Å². The molecule has 1 aromatic rings. The van der Waals surface area contributed by atoms with E-state index in [1.54, 1.807) is 12.1 Å². The highest BCUT2D eigenvalue weighted by Gasteiger charge is 2.29. The molecule has 0 spiro atoms. The molecule has 6 heteroatoms. The molecule has 0 aromatic carbocycles. The number of β-amino-alcohol motifs (C(OH)–C–C–N with tert-alkyl or cyclic N) is 2. The number of hydrogen-bond acceptors (Lipinski definition) is 6. The van der Waals surface area contributed by atoms with Crippen LogP contribution in [0.25, 0.3) is 0 Å². The van der Waals surface area contributed by atoms with E-state index in [1.807, 2.05) is 4.90 Å². The van der Waals surface area contributed by atoms with Crippen molar-refractivity contribution in [3.8, 4) is 0 Å². The van der Waals surface area contributed by atoms with Crippen molar-refractivity contribution in [2.75, 3.05) is 20.2 Å². The van der Waals surface area contributed by atoms with Gasteiger partial charge in [0.2, 0.25) is 5.76 Å². The van der Waals surface area contributed by atoms with Crippen LogP contribution in [0.1, 0.15) is 16.3 Å². The third kappa shape index (κ3) is 2.66. The Kier molecular flexibility index (Phi) is 3.46. The summed E-state index contributed by atoms with van der Waals surface area (Å²) in [6.07, 6.45) is -1.44. The Morgan fingerprint density at radius 3 is 2.71 bits per heavy atom. The molecule has 0 unspecified atom stereocenters. The van der Waals surface area contributed by atoms with E-state index in [0.29, 0.717) is 25.4 Å². The second kappa shape index (κ2) is 4.87.